The Balaban J connectivity index is 1.65. The van der Waals surface area contributed by atoms with Gasteiger partial charge >= 0.3 is 0 Å². The molecule has 4 aromatic rings. The molecule has 118 valence electrons. The third-order valence-corrected chi connectivity index (χ3v) is 4.66. The van der Waals surface area contributed by atoms with Crippen LogP contribution in [0.4, 0.5) is 10.1 Å². The predicted molar refractivity (Wildman–Crippen MR) is 95.6 cm³/mol. The van der Waals surface area contributed by atoms with Crippen LogP contribution in [0.15, 0.2) is 82.8 Å². The first kappa shape index (κ1) is 14.8. The van der Waals surface area contributed by atoms with Crippen molar-refractivity contribution < 1.29 is 4.39 Å². The molecule has 2 aromatic carbocycles. The van der Waals surface area contributed by atoms with Crippen LogP contribution in [0.1, 0.15) is 0 Å². The molecular formula is C19H14FN3S. The van der Waals surface area contributed by atoms with Crippen LogP contribution in [-0.2, 0) is 0 Å². The second kappa shape index (κ2) is 6.02. The van der Waals surface area contributed by atoms with Crippen molar-refractivity contribution in [3.63, 3.8) is 0 Å². The number of halogens is 1. The lowest BCUT2D eigenvalue weighted by Crippen LogP contribution is -1.85. The molecule has 24 heavy (non-hydrogen) atoms. The molecule has 0 aliphatic rings. The summed E-state index contributed by atoms with van der Waals surface area (Å²) in [7, 11) is 0. The van der Waals surface area contributed by atoms with E-state index in [0.29, 0.717) is 0 Å². The van der Waals surface area contributed by atoms with E-state index < -0.39 is 0 Å². The van der Waals surface area contributed by atoms with E-state index in [1.165, 1.54) is 12.1 Å². The van der Waals surface area contributed by atoms with Gasteiger partial charge in [0.05, 0.1) is 5.69 Å². The molecule has 2 N–H and O–H groups in total. The zero-order valence-electron chi connectivity index (χ0n) is 12.7. The molecule has 0 atom stereocenters. The molecule has 0 aliphatic carbocycles. The highest BCUT2D eigenvalue weighted by Crippen LogP contribution is 2.29. The molecule has 0 spiro atoms. The predicted octanol–water partition coefficient (Wildman–Crippen LogP) is 4.87. The van der Waals surface area contributed by atoms with Gasteiger partial charge in [-0.3, -0.25) is 0 Å². The first-order valence-electron chi connectivity index (χ1n) is 7.45. The minimum Gasteiger partial charge on any atom is -0.399 e. The van der Waals surface area contributed by atoms with Gasteiger partial charge in [0.15, 0.2) is 0 Å². The summed E-state index contributed by atoms with van der Waals surface area (Å²) in [6.07, 6.45) is 3.99. The lowest BCUT2D eigenvalue weighted by atomic mass is 10.2. The van der Waals surface area contributed by atoms with Gasteiger partial charge in [0.2, 0.25) is 0 Å². The number of hydrogen-bond acceptors (Lipinski definition) is 3. The van der Waals surface area contributed by atoms with Crippen molar-refractivity contribution in [2.24, 2.45) is 0 Å². The molecule has 5 heteroatoms. The molecule has 3 nitrogen and oxygen atoms in total. The third-order valence-electron chi connectivity index (χ3n) is 3.68. The Morgan fingerprint density at radius 3 is 2.29 bits per heavy atom. The van der Waals surface area contributed by atoms with E-state index in [4.69, 9.17) is 5.73 Å². The van der Waals surface area contributed by atoms with Gasteiger partial charge in [0.25, 0.3) is 0 Å². The molecule has 0 unspecified atom stereocenters. The van der Waals surface area contributed by atoms with Gasteiger partial charge in [-0.2, -0.15) is 0 Å². The summed E-state index contributed by atoms with van der Waals surface area (Å²) < 4.78 is 15.0. The zero-order valence-corrected chi connectivity index (χ0v) is 13.5. The summed E-state index contributed by atoms with van der Waals surface area (Å²) in [5, 5.41) is 0. The van der Waals surface area contributed by atoms with E-state index >= 15 is 0 Å². The molecule has 0 radical (unpaired) electrons. The summed E-state index contributed by atoms with van der Waals surface area (Å²) in [5.41, 5.74) is 9.05. The van der Waals surface area contributed by atoms with Crippen LogP contribution in [-0.4, -0.2) is 9.38 Å². The highest BCUT2D eigenvalue weighted by molar-refractivity contribution is 7.99. The maximum absolute atomic E-state index is 13.1. The Morgan fingerprint density at radius 2 is 1.54 bits per heavy atom. The van der Waals surface area contributed by atoms with Crippen LogP contribution in [0.25, 0.3) is 16.9 Å². The Hall–Kier alpha value is -2.79. The van der Waals surface area contributed by atoms with Crippen molar-refractivity contribution in [1.82, 2.24) is 9.38 Å². The molecule has 0 bridgehead atoms. The third kappa shape index (κ3) is 2.98. The highest BCUT2D eigenvalue weighted by Gasteiger charge is 2.06. The van der Waals surface area contributed by atoms with Crippen molar-refractivity contribution in [2.75, 3.05) is 5.73 Å². The van der Waals surface area contributed by atoms with Gasteiger partial charge in [0.1, 0.15) is 11.5 Å². The van der Waals surface area contributed by atoms with Crippen LogP contribution in [0.5, 0.6) is 0 Å². The summed E-state index contributed by atoms with van der Waals surface area (Å²) in [5.74, 6) is -0.246. The van der Waals surface area contributed by atoms with Crippen molar-refractivity contribution in [2.45, 2.75) is 9.79 Å². The first-order valence-corrected chi connectivity index (χ1v) is 8.27. The van der Waals surface area contributed by atoms with Gasteiger partial charge in [-0.1, -0.05) is 11.8 Å². The van der Waals surface area contributed by atoms with Gasteiger partial charge < -0.3 is 10.1 Å². The second-order valence-electron chi connectivity index (χ2n) is 5.43. The van der Waals surface area contributed by atoms with Gasteiger partial charge in [-0.25, -0.2) is 9.37 Å². The Labute approximate surface area is 143 Å². The second-order valence-corrected chi connectivity index (χ2v) is 6.58. The minimum atomic E-state index is -0.246. The monoisotopic (exact) mass is 335 g/mol. The molecule has 0 aliphatic heterocycles. The van der Waals surface area contributed by atoms with E-state index in [-0.39, 0.29) is 5.82 Å². The quantitative estimate of drug-likeness (QED) is 0.543. The molecule has 0 saturated carbocycles. The number of pyridine rings is 1. The van der Waals surface area contributed by atoms with Crippen molar-refractivity contribution in [3.05, 3.63) is 78.9 Å². The van der Waals surface area contributed by atoms with Crippen LogP contribution >= 0.6 is 11.8 Å². The summed E-state index contributed by atoms with van der Waals surface area (Å²) in [6.45, 7) is 0. The standard InChI is InChI=1S/C19H14FN3S/c20-14-3-1-13(2-4-14)18-12-23-11-17(9-10-19(23)22-18)24-16-7-5-15(21)6-8-16/h1-12H,21H2. The van der Waals surface area contributed by atoms with Gasteiger partial charge in [-0.05, 0) is 60.7 Å². The normalized spacial score (nSPS) is 11.0. The lowest BCUT2D eigenvalue weighted by Gasteiger charge is -2.03. The van der Waals surface area contributed by atoms with Crippen molar-refractivity contribution in [3.8, 4) is 11.3 Å². The number of nitrogen functional groups attached to an aromatic ring is 1. The number of nitrogens with two attached hydrogens (primary N) is 1. The molecule has 0 amide bonds. The van der Waals surface area contributed by atoms with E-state index in [0.717, 1.165) is 32.4 Å². The number of fused-ring (bicyclic) bond motifs is 1. The molecule has 4 rings (SSSR count). The first-order chi connectivity index (χ1) is 11.7. The van der Waals surface area contributed by atoms with Crippen molar-refractivity contribution >= 4 is 23.1 Å². The Morgan fingerprint density at radius 1 is 0.833 bits per heavy atom. The molecule has 2 heterocycles. The topological polar surface area (TPSA) is 43.3 Å². The summed E-state index contributed by atoms with van der Waals surface area (Å²) in [6, 6.07) is 18.2. The number of benzene rings is 2. The fourth-order valence-electron chi connectivity index (χ4n) is 2.46. The van der Waals surface area contributed by atoms with Crippen LogP contribution in [0.2, 0.25) is 0 Å². The smallest absolute Gasteiger partial charge is 0.137 e. The highest BCUT2D eigenvalue weighted by atomic mass is 32.2. The molecule has 0 saturated heterocycles. The molecule has 0 fully saturated rings. The number of hydrogen-bond donors (Lipinski definition) is 1. The molecular weight excluding hydrogens is 321 g/mol. The Kier molecular flexibility index (Phi) is 3.70. The van der Waals surface area contributed by atoms with E-state index in [9.17, 15) is 4.39 Å². The van der Waals surface area contributed by atoms with Gasteiger partial charge in [0, 0.05) is 33.4 Å². The minimum absolute atomic E-state index is 0.246. The largest absolute Gasteiger partial charge is 0.399 e. The molecule has 2 aromatic heterocycles. The number of nitrogens with zero attached hydrogens (tertiary/aromatic N) is 2. The fraction of sp³-hybridized carbons (Fsp3) is 0. The zero-order chi connectivity index (χ0) is 16.5. The van der Waals surface area contributed by atoms with Crippen molar-refractivity contribution in [1.29, 1.82) is 0 Å². The Bertz CT molecular complexity index is 991. The number of imidazole rings is 1. The fourth-order valence-corrected chi connectivity index (χ4v) is 3.31. The number of anilines is 1. The van der Waals surface area contributed by atoms with Crippen LogP contribution in [0.3, 0.4) is 0 Å². The number of rotatable bonds is 3. The maximum Gasteiger partial charge on any atom is 0.137 e. The lowest BCUT2D eigenvalue weighted by molar-refractivity contribution is 0.628. The van der Waals surface area contributed by atoms with Crippen LogP contribution < -0.4 is 5.73 Å². The van der Waals surface area contributed by atoms with Gasteiger partial charge in [-0.15, -0.1) is 0 Å². The SMILES string of the molecule is Nc1ccc(Sc2ccc3nc(-c4ccc(F)cc4)cn3c2)cc1. The number of aromatic nitrogens is 2. The van der Waals surface area contributed by atoms with E-state index in [1.807, 2.05) is 53.2 Å². The van der Waals surface area contributed by atoms with Crippen LogP contribution in [0, 0.1) is 5.82 Å². The summed E-state index contributed by atoms with van der Waals surface area (Å²) >= 11 is 1.66. The average Bonchev–Trinajstić information content (AvgIpc) is 3.01. The summed E-state index contributed by atoms with van der Waals surface area (Å²) in [4.78, 5) is 6.82. The average molecular weight is 335 g/mol. The maximum atomic E-state index is 13.1. The van der Waals surface area contributed by atoms with E-state index in [1.54, 1.807) is 23.9 Å². The van der Waals surface area contributed by atoms with E-state index in [2.05, 4.69) is 4.98 Å².